The van der Waals surface area contributed by atoms with Crippen LogP contribution in [0.5, 0.6) is 5.75 Å². The first-order chi connectivity index (χ1) is 16.9. The van der Waals surface area contributed by atoms with Gasteiger partial charge in [-0.05, 0) is 49.4 Å². The summed E-state index contributed by atoms with van der Waals surface area (Å²) in [5.41, 5.74) is 7.79. The number of nitrogens with two attached hydrogens (primary N) is 1. The molecule has 0 aliphatic carbocycles. The number of allylic oxidation sites excluding steroid dienone is 1. The SMILES string of the molecule is CCOc1ccc2ccccc2c1C(=O)S/C(CCOC)=C(/C)N(C=O)Cc1cnc(C)nc1N. The molecule has 0 saturated heterocycles. The quantitative estimate of drug-likeness (QED) is 0.382. The summed E-state index contributed by atoms with van der Waals surface area (Å²) in [5.74, 6) is 1.40. The largest absolute Gasteiger partial charge is 0.493 e. The van der Waals surface area contributed by atoms with E-state index in [1.807, 2.05) is 43.3 Å². The summed E-state index contributed by atoms with van der Waals surface area (Å²) < 4.78 is 11.1. The van der Waals surface area contributed by atoms with Crippen molar-refractivity contribution in [3.05, 3.63) is 70.1 Å². The Kier molecular flexibility index (Phi) is 9.22. The van der Waals surface area contributed by atoms with Crippen LogP contribution >= 0.6 is 11.8 Å². The van der Waals surface area contributed by atoms with Crippen LogP contribution in [0.15, 0.2) is 53.2 Å². The van der Waals surface area contributed by atoms with E-state index in [0.717, 1.165) is 28.9 Å². The van der Waals surface area contributed by atoms with Crippen molar-refractivity contribution in [3.8, 4) is 5.75 Å². The first-order valence-electron chi connectivity index (χ1n) is 11.2. The highest BCUT2D eigenvalue weighted by Gasteiger charge is 2.22. The number of aryl methyl sites for hydroxylation is 1. The minimum Gasteiger partial charge on any atom is -0.493 e. The van der Waals surface area contributed by atoms with Crippen molar-refractivity contribution in [1.82, 2.24) is 14.9 Å². The minimum absolute atomic E-state index is 0.167. The van der Waals surface area contributed by atoms with Crippen LogP contribution in [0, 0.1) is 6.92 Å². The molecule has 9 heteroatoms. The van der Waals surface area contributed by atoms with Gasteiger partial charge in [0.05, 0.1) is 25.3 Å². The van der Waals surface area contributed by atoms with Crippen LogP contribution in [-0.4, -0.2) is 46.7 Å². The second-order valence-electron chi connectivity index (χ2n) is 7.79. The molecule has 0 fully saturated rings. The van der Waals surface area contributed by atoms with Gasteiger partial charge in [0.1, 0.15) is 17.4 Å². The molecule has 0 unspecified atom stereocenters. The third-order valence-corrected chi connectivity index (χ3v) is 6.60. The molecule has 1 aromatic heterocycles. The number of nitrogens with zero attached hydrogens (tertiary/aromatic N) is 3. The molecule has 2 N–H and O–H groups in total. The van der Waals surface area contributed by atoms with Crippen molar-refractivity contribution in [1.29, 1.82) is 0 Å². The molecular weight excluding hydrogens is 464 g/mol. The summed E-state index contributed by atoms with van der Waals surface area (Å²) in [6, 6.07) is 11.5. The first kappa shape index (κ1) is 26.2. The van der Waals surface area contributed by atoms with Crippen molar-refractivity contribution >= 4 is 39.9 Å². The topological polar surface area (TPSA) is 108 Å². The molecule has 0 bridgehead atoms. The zero-order valence-corrected chi connectivity index (χ0v) is 21.2. The van der Waals surface area contributed by atoms with E-state index in [9.17, 15) is 9.59 Å². The number of anilines is 1. The van der Waals surface area contributed by atoms with Gasteiger partial charge in [-0.15, -0.1) is 0 Å². The summed E-state index contributed by atoms with van der Waals surface area (Å²) in [4.78, 5) is 36.3. The summed E-state index contributed by atoms with van der Waals surface area (Å²) in [6.45, 7) is 6.45. The lowest BCUT2D eigenvalue weighted by Crippen LogP contribution is -2.22. The van der Waals surface area contributed by atoms with Crippen LogP contribution in [0.2, 0.25) is 0 Å². The lowest BCUT2D eigenvalue weighted by molar-refractivity contribution is -0.116. The molecule has 1 heterocycles. The Labute approximate surface area is 209 Å². The number of fused-ring (bicyclic) bond motifs is 1. The summed E-state index contributed by atoms with van der Waals surface area (Å²) in [7, 11) is 1.60. The molecule has 35 heavy (non-hydrogen) atoms. The molecule has 0 saturated carbocycles. The van der Waals surface area contributed by atoms with E-state index in [0.29, 0.717) is 58.8 Å². The highest BCUT2D eigenvalue weighted by atomic mass is 32.2. The van der Waals surface area contributed by atoms with E-state index in [-0.39, 0.29) is 11.7 Å². The zero-order chi connectivity index (χ0) is 25.4. The molecular formula is C26H30N4O4S. The van der Waals surface area contributed by atoms with Crippen molar-refractivity contribution in [2.75, 3.05) is 26.1 Å². The summed E-state index contributed by atoms with van der Waals surface area (Å²) in [6.07, 6.45) is 2.78. The molecule has 0 radical (unpaired) electrons. The Balaban J connectivity index is 1.99. The van der Waals surface area contributed by atoms with Crippen LogP contribution in [-0.2, 0) is 16.1 Å². The molecule has 0 spiro atoms. The van der Waals surface area contributed by atoms with Crippen LogP contribution in [0.25, 0.3) is 10.8 Å². The van der Waals surface area contributed by atoms with E-state index in [2.05, 4.69) is 9.97 Å². The van der Waals surface area contributed by atoms with Crippen LogP contribution in [0.3, 0.4) is 0 Å². The fourth-order valence-corrected chi connectivity index (χ4v) is 4.60. The number of benzene rings is 2. The Bertz CT molecular complexity index is 1250. The molecule has 8 nitrogen and oxygen atoms in total. The number of methoxy groups -OCH3 is 1. The fourth-order valence-electron chi connectivity index (χ4n) is 3.61. The number of nitrogen functional groups attached to an aromatic ring is 1. The fraction of sp³-hybridized carbons (Fsp3) is 0.308. The number of hydrogen-bond acceptors (Lipinski definition) is 8. The van der Waals surface area contributed by atoms with Crippen molar-refractivity contribution < 1.29 is 19.1 Å². The van der Waals surface area contributed by atoms with Gasteiger partial charge in [-0.1, -0.05) is 30.3 Å². The maximum atomic E-state index is 13.7. The van der Waals surface area contributed by atoms with Gasteiger partial charge in [0.25, 0.3) is 0 Å². The van der Waals surface area contributed by atoms with Gasteiger partial charge in [-0.2, -0.15) is 0 Å². The highest BCUT2D eigenvalue weighted by Crippen LogP contribution is 2.36. The van der Waals surface area contributed by atoms with Crippen molar-refractivity contribution in [2.45, 2.75) is 33.7 Å². The van der Waals surface area contributed by atoms with Gasteiger partial charge < -0.3 is 20.1 Å². The van der Waals surface area contributed by atoms with Gasteiger partial charge >= 0.3 is 0 Å². The molecule has 3 aromatic rings. The van der Waals surface area contributed by atoms with E-state index in [4.69, 9.17) is 15.2 Å². The van der Waals surface area contributed by atoms with Crippen LogP contribution in [0.1, 0.15) is 42.0 Å². The average Bonchev–Trinajstić information content (AvgIpc) is 2.85. The smallest absolute Gasteiger partial charge is 0.228 e. The van der Waals surface area contributed by atoms with E-state index >= 15 is 0 Å². The number of rotatable bonds is 11. The number of thioether (sulfide) groups is 1. The number of hydrogen-bond donors (Lipinski definition) is 1. The number of carbonyl (C=O) groups excluding carboxylic acids is 2. The number of aromatic nitrogens is 2. The molecule has 0 aliphatic rings. The van der Waals surface area contributed by atoms with Gasteiger partial charge in [0.2, 0.25) is 11.5 Å². The Morgan fingerprint density at radius 2 is 2.00 bits per heavy atom. The molecule has 0 aliphatic heterocycles. The van der Waals surface area contributed by atoms with E-state index in [1.54, 1.807) is 27.2 Å². The van der Waals surface area contributed by atoms with E-state index < -0.39 is 0 Å². The maximum Gasteiger partial charge on any atom is 0.228 e. The standard InChI is InChI=1S/C26H30N4O4S/c1-5-34-22-11-10-19-8-6-7-9-21(19)24(22)26(32)35-23(12-13-33-4)17(2)30(16-31)15-20-14-28-18(3)29-25(20)27/h6-11,14,16H,5,12-13,15H2,1-4H3,(H2,27,28,29)/b23-17-. The lowest BCUT2D eigenvalue weighted by atomic mass is 10.0. The molecule has 2 aromatic carbocycles. The number of amides is 1. The van der Waals surface area contributed by atoms with Gasteiger partial charge in [-0.3, -0.25) is 9.59 Å². The highest BCUT2D eigenvalue weighted by molar-refractivity contribution is 8.17. The third kappa shape index (κ3) is 6.37. The normalized spacial score (nSPS) is 11.8. The number of carbonyl (C=O) groups is 2. The van der Waals surface area contributed by atoms with Gasteiger partial charge in [0, 0.05) is 35.9 Å². The Morgan fingerprint density at radius 3 is 2.69 bits per heavy atom. The molecule has 3 rings (SSSR count). The average molecular weight is 495 g/mol. The summed E-state index contributed by atoms with van der Waals surface area (Å²) >= 11 is 1.08. The van der Waals surface area contributed by atoms with Crippen LogP contribution in [0.4, 0.5) is 5.82 Å². The minimum atomic E-state index is -0.167. The maximum absolute atomic E-state index is 13.7. The Hall–Kier alpha value is -3.43. The second-order valence-corrected chi connectivity index (χ2v) is 8.86. The first-order valence-corrected chi connectivity index (χ1v) is 12.1. The molecule has 1 amide bonds. The Morgan fingerprint density at radius 1 is 1.23 bits per heavy atom. The molecule has 0 atom stereocenters. The lowest BCUT2D eigenvalue weighted by Gasteiger charge is -2.22. The second kappa shape index (κ2) is 12.3. The van der Waals surface area contributed by atoms with Crippen molar-refractivity contribution in [3.63, 3.8) is 0 Å². The van der Waals surface area contributed by atoms with E-state index in [1.165, 1.54) is 4.90 Å². The van der Waals surface area contributed by atoms with Gasteiger partial charge in [0.15, 0.2) is 0 Å². The predicted octanol–water partition coefficient (Wildman–Crippen LogP) is 4.72. The van der Waals surface area contributed by atoms with Crippen molar-refractivity contribution in [2.24, 2.45) is 0 Å². The molecule has 184 valence electrons. The van der Waals surface area contributed by atoms with Crippen LogP contribution < -0.4 is 10.5 Å². The monoisotopic (exact) mass is 494 g/mol. The third-order valence-electron chi connectivity index (χ3n) is 5.46. The predicted molar refractivity (Wildman–Crippen MR) is 139 cm³/mol. The van der Waals surface area contributed by atoms with Gasteiger partial charge in [-0.25, -0.2) is 9.97 Å². The zero-order valence-electron chi connectivity index (χ0n) is 20.4. The number of ether oxygens (including phenoxy) is 2. The summed E-state index contributed by atoms with van der Waals surface area (Å²) in [5, 5.41) is 1.60.